The molecule has 2 aliphatic heterocycles. The van der Waals surface area contributed by atoms with Crippen LogP contribution in [0.3, 0.4) is 0 Å². The zero-order valence-corrected chi connectivity index (χ0v) is 12.9. The van der Waals surface area contributed by atoms with Gasteiger partial charge in [-0.15, -0.1) is 0 Å². The van der Waals surface area contributed by atoms with Crippen molar-refractivity contribution in [1.82, 2.24) is 9.78 Å². The van der Waals surface area contributed by atoms with Crippen LogP contribution in [0.25, 0.3) is 6.08 Å². The Bertz CT molecular complexity index is 543. The standard InChI is InChI=1S/C14H20BFN2O3/c1-13(2)14(3,4)21-15(20-13)11(16)8-10-9-12-18(17-10)6-5-7-19-12/h8-9H,5-7H2,1-4H3. The van der Waals surface area contributed by atoms with Gasteiger partial charge in [0.05, 0.1) is 23.5 Å². The monoisotopic (exact) mass is 294 g/mol. The number of aryl methyl sites for hydroxylation is 1. The van der Waals surface area contributed by atoms with Gasteiger partial charge in [-0.3, -0.25) is 0 Å². The van der Waals surface area contributed by atoms with Crippen molar-refractivity contribution in [2.24, 2.45) is 0 Å². The second-order valence-electron chi connectivity index (χ2n) is 6.45. The van der Waals surface area contributed by atoms with Crippen LogP contribution in [-0.2, 0) is 15.9 Å². The van der Waals surface area contributed by atoms with Gasteiger partial charge in [-0.1, -0.05) is 0 Å². The summed E-state index contributed by atoms with van der Waals surface area (Å²) >= 11 is 0. The molecule has 7 heteroatoms. The summed E-state index contributed by atoms with van der Waals surface area (Å²) in [5.41, 5.74) is -1.08. The molecule has 0 radical (unpaired) electrons. The van der Waals surface area contributed by atoms with E-state index in [0.29, 0.717) is 18.2 Å². The topological polar surface area (TPSA) is 45.5 Å². The molecule has 21 heavy (non-hydrogen) atoms. The molecule has 0 aliphatic carbocycles. The predicted octanol–water partition coefficient (Wildman–Crippen LogP) is 2.61. The molecule has 2 aliphatic rings. The lowest BCUT2D eigenvalue weighted by atomic mass is 9.87. The minimum atomic E-state index is -0.991. The molecule has 1 aromatic rings. The highest BCUT2D eigenvalue weighted by molar-refractivity contribution is 6.54. The maximum Gasteiger partial charge on any atom is 0.525 e. The van der Waals surface area contributed by atoms with Crippen LogP contribution in [0.5, 0.6) is 5.88 Å². The van der Waals surface area contributed by atoms with Crippen LogP contribution in [0.15, 0.2) is 11.8 Å². The highest BCUT2D eigenvalue weighted by Crippen LogP contribution is 2.39. The maximum absolute atomic E-state index is 14.4. The molecule has 0 saturated carbocycles. The van der Waals surface area contributed by atoms with Crippen LogP contribution in [0, 0.1) is 0 Å². The largest absolute Gasteiger partial charge is 0.525 e. The molecule has 1 saturated heterocycles. The zero-order valence-electron chi connectivity index (χ0n) is 12.9. The van der Waals surface area contributed by atoms with Crippen molar-refractivity contribution in [3.8, 4) is 5.88 Å². The average molecular weight is 294 g/mol. The highest BCUT2D eigenvalue weighted by atomic mass is 19.1. The van der Waals surface area contributed by atoms with Crippen LogP contribution in [0.2, 0.25) is 0 Å². The lowest BCUT2D eigenvalue weighted by Gasteiger charge is -2.32. The SMILES string of the molecule is CC1(C)OB(C(F)=Cc2cc3n(n2)CCCO3)OC1(C)C. The molecular weight excluding hydrogens is 274 g/mol. The number of rotatable bonds is 2. The first-order chi connectivity index (χ1) is 9.78. The van der Waals surface area contributed by atoms with Crippen LogP contribution < -0.4 is 4.74 Å². The van der Waals surface area contributed by atoms with Gasteiger partial charge in [-0.25, -0.2) is 9.07 Å². The molecule has 3 heterocycles. The van der Waals surface area contributed by atoms with Crippen molar-refractivity contribution in [2.75, 3.05) is 6.61 Å². The van der Waals surface area contributed by atoms with Crippen molar-refractivity contribution < 1.29 is 18.4 Å². The van der Waals surface area contributed by atoms with E-state index in [4.69, 9.17) is 14.0 Å². The summed E-state index contributed by atoms with van der Waals surface area (Å²) in [4.78, 5) is 0. The van der Waals surface area contributed by atoms with E-state index in [9.17, 15) is 4.39 Å². The number of aromatic nitrogens is 2. The third kappa shape index (κ3) is 2.60. The first-order valence-electron chi connectivity index (χ1n) is 7.22. The average Bonchev–Trinajstić information content (AvgIpc) is 2.87. The number of hydrogen-bond donors (Lipinski definition) is 0. The quantitative estimate of drug-likeness (QED) is 0.787. The molecule has 1 aromatic heterocycles. The van der Waals surface area contributed by atoms with Crippen LogP contribution in [-0.4, -0.2) is 34.7 Å². The molecule has 5 nitrogen and oxygen atoms in total. The van der Waals surface area contributed by atoms with E-state index < -0.39 is 24.0 Å². The molecule has 114 valence electrons. The molecular formula is C14H20BFN2O3. The number of ether oxygens (including phenoxy) is 1. The number of nitrogens with zero attached hydrogens (tertiary/aromatic N) is 2. The summed E-state index contributed by atoms with van der Waals surface area (Å²) in [5, 5.41) is 4.30. The van der Waals surface area contributed by atoms with Gasteiger partial charge < -0.3 is 14.0 Å². The summed E-state index contributed by atoms with van der Waals surface area (Å²) < 4.78 is 32.9. The molecule has 3 rings (SSSR count). The Morgan fingerprint density at radius 1 is 1.33 bits per heavy atom. The zero-order chi connectivity index (χ0) is 15.3. The van der Waals surface area contributed by atoms with Crippen LogP contribution in [0.1, 0.15) is 39.8 Å². The molecule has 1 fully saturated rings. The van der Waals surface area contributed by atoms with Gasteiger partial charge in [0.2, 0.25) is 5.88 Å². The molecule has 0 spiro atoms. The van der Waals surface area contributed by atoms with Crippen LogP contribution >= 0.6 is 0 Å². The number of halogens is 1. The highest BCUT2D eigenvalue weighted by Gasteiger charge is 2.53. The van der Waals surface area contributed by atoms with Gasteiger partial charge in [0.1, 0.15) is 5.73 Å². The van der Waals surface area contributed by atoms with Gasteiger partial charge in [0, 0.05) is 19.0 Å². The Kier molecular flexibility index (Phi) is 3.37. The van der Waals surface area contributed by atoms with Crippen molar-refractivity contribution in [3.63, 3.8) is 0 Å². The van der Waals surface area contributed by atoms with Crippen molar-refractivity contribution in [1.29, 1.82) is 0 Å². The van der Waals surface area contributed by atoms with E-state index in [-0.39, 0.29) is 0 Å². The molecule has 0 bridgehead atoms. The van der Waals surface area contributed by atoms with Gasteiger partial charge in [-0.05, 0) is 33.8 Å². The Labute approximate surface area is 124 Å². The number of fused-ring (bicyclic) bond motifs is 1. The molecule has 0 unspecified atom stereocenters. The Hall–Kier alpha value is -1.34. The second-order valence-corrected chi connectivity index (χ2v) is 6.45. The summed E-state index contributed by atoms with van der Waals surface area (Å²) in [6, 6.07) is 1.73. The van der Waals surface area contributed by atoms with E-state index in [2.05, 4.69) is 5.10 Å². The maximum atomic E-state index is 14.4. The third-order valence-electron chi connectivity index (χ3n) is 4.29. The third-order valence-corrected chi connectivity index (χ3v) is 4.29. The van der Waals surface area contributed by atoms with Gasteiger partial charge >= 0.3 is 7.12 Å². The van der Waals surface area contributed by atoms with Gasteiger partial charge in [-0.2, -0.15) is 5.10 Å². The first kappa shape index (κ1) is 14.6. The lowest BCUT2D eigenvalue weighted by Crippen LogP contribution is -2.41. The van der Waals surface area contributed by atoms with Crippen LogP contribution in [0.4, 0.5) is 4.39 Å². The minimum Gasteiger partial charge on any atom is -0.478 e. The molecule has 0 atom stereocenters. The van der Waals surface area contributed by atoms with E-state index in [1.165, 1.54) is 6.08 Å². The van der Waals surface area contributed by atoms with E-state index in [0.717, 1.165) is 13.0 Å². The normalized spacial score (nSPS) is 23.9. The van der Waals surface area contributed by atoms with Crippen molar-refractivity contribution in [3.05, 3.63) is 17.5 Å². The van der Waals surface area contributed by atoms with Crippen molar-refractivity contribution >= 4 is 13.2 Å². The fourth-order valence-corrected chi connectivity index (χ4v) is 2.32. The van der Waals surface area contributed by atoms with Gasteiger partial charge in [0.25, 0.3) is 0 Å². The fraction of sp³-hybridized carbons (Fsp3) is 0.643. The summed E-state index contributed by atoms with van der Waals surface area (Å²) in [6.45, 7) is 9.04. The van der Waals surface area contributed by atoms with E-state index in [1.807, 2.05) is 27.7 Å². The number of hydrogen-bond acceptors (Lipinski definition) is 4. The summed E-state index contributed by atoms with van der Waals surface area (Å²) in [6.07, 6.45) is 2.26. The smallest absolute Gasteiger partial charge is 0.478 e. The predicted molar refractivity (Wildman–Crippen MR) is 77.5 cm³/mol. The second kappa shape index (κ2) is 4.85. The summed E-state index contributed by atoms with van der Waals surface area (Å²) in [7, 11) is -0.991. The van der Waals surface area contributed by atoms with E-state index >= 15 is 0 Å². The summed E-state index contributed by atoms with van der Waals surface area (Å²) in [5.74, 6) is 0.675. The molecule has 0 N–H and O–H groups in total. The molecule has 0 aromatic carbocycles. The first-order valence-corrected chi connectivity index (χ1v) is 7.22. The lowest BCUT2D eigenvalue weighted by molar-refractivity contribution is 0.00578. The molecule has 0 amide bonds. The Morgan fingerprint density at radius 2 is 2.00 bits per heavy atom. The Balaban J connectivity index is 1.79. The fourth-order valence-electron chi connectivity index (χ4n) is 2.32. The van der Waals surface area contributed by atoms with Gasteiger partial charge in [0.15, 0.2) is 0 Å². The van der Waals surface area contributed by atoms with Crippen molar-refractivity contribution in [2.45, 2.75) is 51.9 Å². The minimum absolute atomic E-state index is 0.482. The Morgan fingerprint density at radius 3 is 2.62 bits per heavy atom. The van der Waals surface area contributed by atoms with E-state index in [1.54, 1.807) is 10.7 Å².